The molecule has 1 aromatic heterocycles. The Morgan fingerprint density at radius 3 is 2.62 bits per heavy atom. The van der Waals surface area contributed by atoms with E-state index in [9.17, 15) is 0 Å². The van der Waals surface area contributed by atoms with Gasteiger partial charge in [-0.05, 0) is 38.8 Å². The second kappa shape index (κ2) is 7.58. The summed E-state index contributed by atoms with van der Waals surface area (Å²) in [6, 6.07) is 6.93. The van der Waals surface area contributed by atoms with E-state index in [1.54, 1.807) is 0 Å². The Bertz CT molecular complexity index is 807. The van der Waals surface area contributed by atoms with Crippen molar-refractivity contribution in [3.8, 4) is 0 Å². The monoisotopic (exact) mass is 352 g/mol. The highest BCUT2D eigenvalue weighted by molar-refractivity contribution is 5.93. The number of hydrogen-bond donors (Lipinski definition) is 2. The minimum absolute atomic E-state index is 0.605. The van der Waals surface area contributed by atoms with Gasteiger partial charge in [0.25, 0.3) is 0 Å². The van der Waals surface area contributed by atoms with Gasteiger partial charge in [-0.2, -0.15) is 0 Å². The molecular formula is C20H28N6. The molecule has 2 aromatic rings. The Labute approximate surface area is 155 Å². The lowest BCUT2D eigenvalue weighted by molar-refractivity contribution is 0.172. The minimum Gasteiger partial charge on any atom is -0.343 e. The first-order chi connectivity index (χ1) is 12.7. The number of nitrogens with zero attached hydrogens (tertiary/aromatic N) is 4. The van der Waals surface area contributed by atoms with Gasteiger partial charge >= 0.3 is 0 Å². The number of aliphatic imine (C=N–C) groups is 1. The van der Waals surface area contributed by atoms with Crippen LogP contribution in [0.15, 0.2) is 23.2 Å². The average molecular weight is 352 g/mol. The van der Waals surface area contributed by atoms with Crippen LogP contribution in [0.3, 0.4) is 0 Å². The van der Waals surface area contributed by atoms with Crippen molar-refractivity contribution >= 4 is 22.8 Å². The number of fused-ring (bicyclic) bond motifs is 1. The predicted molar refractivity (Wildman–Crippen MR) is 106 cm³/mol. The molecule has 6 nitrogen and oxygen atoms in total. The molecule has 4 rings (SSSR count). The van der Waals surface area contributed by atoms with Crippen LogP contribution in [-0.2, 0) is 0 Å². The van der Waals surface area contributed by atoms with Crippen LogP contribution in [0.1, 0.15) is 49.8 Å². The van der Waals surface area contributed by atoms with Crippen molar-refractivity contribution in [2.45, 2.75) is 58.4 Å². The van der Waals surface area contributed by atoms with Crippen molar-refractivity contribution < 1.29 is 0 Å². The van der Waals surface area contributed by atoms with E-state index in [1.165, 1.54) is 44.1 Å². The molecule has 1 aliphatic heterocycles. The number of aromatic nitrogens is 2. The fourth-order valence-corrected chi connectivity index (χ4v) is 3.95. The second-order valence-corrected chi connectivity index (χ2v) is 7.50. The van der Waals surface area contributed by atoms with Crippen LogP contribution in [0.5, 0.6) is 0 Å². The largest absolute Gasteiger partial charge is 0.343 e. The zero-order valence-electron chi connectivity index (χ0n) is 15.8. The minimum atomic E-state index is 0.605. The van der Waals surface area contributed by atoms with E-state index in [-0.39, 0.29) is 0 Å². The molecule has 0 unspecified atom stereocenters. The van der Waals surface area contributed by atoms with Gasteiger partial charge in [-0.3, -0.25) is 10.2 Å². The summed E-state index contributed by atoms with van der Waals surface area (Å²) < 4.78 is 0. The van der Waals surface area contributed by atoms with Crippen LogP contribution in [-0.4, -0.2) is 40.2 Å². The molecule has 2 aliphatic rings. The van der Waals surface area contributed by atoms with Crippen LogP contribution < -0.4 is 10.6 Å². The Balaban J connectivity index is 1.45. The molecule has 1 aliphatic carbocycles. The van der Waals surface area contributed by atoms with Gasteiger partial charge in [0.05, 0.1) is 24.5 Å². The van der Waals surface area contributed by atoms with Gasteiger partial charge in [-0.25, -0.2) is 15.0 Å². The van der Waals surface area contributed by atoms with Gasteiger partial charge in [0.15, 0.2) is 0 Å². The van der Waals surface area contributed by atoms with Gasteiger partial charge in [-0.15, -0.1) is 0 Å². The average Bonchev–Trinajstić information content (AvgIpc) is 2.93. The quantitative estimate of drug-likeness (QED) is 0.809. The van der Waals surface area contributed by atoms with E-state index in [1.807, 2.05) is 6.92 Å². The number of nitrogens with one attached hydrogen (secondary N) is 2. The Kier molecular flexibility index (Phi) is 5.02. The first-order valence-electron chi connectivity index (χ1n) is 9.73. The molecule has 0 saturated heterocycles. The summed E-state index contributed by atoms with van der Waals surface area (Å²) in [5.41, 5.74) is 3.17. The normalized spacial score (nSPS) is 19.7. The van der Waals surface area contributed by atoms with Crippen molar-refractivity contribution in [3.63, 3.8) is 0 Å². The first-order valence-corrected chi connectivity index (χ1v) is 9.73. The summed E-state index contributed by atoms with van der Waals surface area (Å²) in [6.07, 6.45) is 8.05. The molecule has 1 aromatic carbocycles. The zero-order chi connectivity index (χ0) is 17.9. The summed E-state index contributed by atoms with van der Waals surface area (Å²) in [4.78, 5) is 16.4. The first kappa shape index (κ1) is 17.2. The molecule has 6 heteroatoms. The standard InChI is InChI=1S/C20H28N6/c1-14-9-10-18-17(11-14)15(2)23-20(24-18)25-19-21-12-26(13-22-19)16-7-5-3-4-6-8-16/h9-11,16H,3-8,12-13H2,1-2H3,(H2,21,22,23,24,25). The lowest BCUT2D eigenvalue weighted by Crippen LogP contribution is -2.49. The molecule has 0 bridgehead atoms. The van der Waals surface area contributed by atoms with E-state index in [4.69, 9.17) is 0 Å². The maximum atomic E-state index is 4.68. The van der Waals surface area contributed by atoms with E-state index < -0.39 is 0 Å². The van der Waals surface area contributed by atoms with Gasteiger partial charge in [0.2, 0.25) is 11.9 Å². The molecule has 0 radical (unpaired) electrons. The Hall–Kier alpha value is -2.21. The van der Waals surface area contributed by atoms with Crippen molar-refractivity contribution in [2.75, 3.05) is 18.7 Å². The van der Waals surface area contributed by atoms with Gasteiger partial charge in [0.1, 0.15) is 0 Å². The number of aryl methyl sites for hydroxylation is 2. The third-order valence-corrected chi connectivity index (χ3v) is 5.47. The summed E-state index contributed by atoms with van der Waals surface area (Å²) in [7, 11) is 0. The lowest BCUT2D eigenvalue weighted by Gasteiger charge is -2.33. The number of benzene rings is 1. The fraction of sp³-hybridized carbons (Fsp3) is 0.550. The lowest BCUT2D eigenvalue weighted by atomic mass is 10.1. The maximum Gasteiger partial charge on any atom is 0.230 e. The molecular weight excluding hydrogens is 324 g/mol. The molecule has 1 saturated carbocycles. The number of anilines is 1. The second-order valence-electron chi connectivity index (χ2n) is 7.50. The van der Waals surface area contributed by atoms with Crippen LogP contribution in [0.25, 0.3) is 10.9 Å². The molecule has 1 fully saturated rings. The van der Waals surface area contributed by atoms with Crippen LogP contribution >= 0.6 is 0 Å². The van der Waals surface area contributed by atoms with Crippen molar-refractivity contribution in [2.24, 2.45) is 4.99 Å². The van der Waals surface area contributed by atoms with Gasteiger partial charge in [0, 0.05) is 11.4 Å². The molecule has 26 heavy (non-hydrogen) atoms. The van der Waals surface area contributed by atoms with Gasteiger partial charge < -0.3 is 5.32 Å². The summed E-state index contributed by atoms with van der Waals surface area (Å²) in [5.74, 6) is 1.37. The molecule has 2 N–H and O–H groups in total. The zero-order valence-corrected chi connectivity index (χ0v) is 15.8. The van der Waals surface area contributed by atoms with E-state index in [0.717, 1.165) is 35.9 Å². The van der Waals surface area contributed by atoms with Crippen LogP contribution in [0.2, 0.25) is 0 Å². The van der Waals surface area contributed by atoms with Crippen molar-refractivity contribution in [1.29, 1.82) is 0 Å². The smallest absolute Gasteiger partial charge is 0.230 e. The summed E-state index contributed by atoms with van der Waals surface area (Å²) in [6.45, 7) is 5.69. The molecule has 0 spiro atoms. The predicted octanol–water partition coefficient (Wildman–Crippen LogP) is 3.56. The SMILES string of the molecule is Cc1ccc2nc(NC3=NCN(C4CCCCCC4)CN3)nc(C)c2c1. The number of hydrogen-bond acceptors (Lipinski definition) is 6. The van der Waals surface area contributed by atoms with Crippen molar-refractivity contribution in [3.05, 3.63) is 29.5 Å². The fourth-order valence-electron chi connectivity index (χ4n) is 3.95. The third kappa shape index (κ3) is 3.80. The number of guanidine groups is 1. The van der Waals surface area contributed by atoms with E-state index >= 15 is 0 Å². The third-order valence-electron chi connectivity index (χ3n) is 5.47. The van der Waals surface area contributed by atoms with Gasteiger partial charge in [-0.1, -0.05) is 37.3 Å². The van der Waals surface area contributed by atoms with Crippen molar-refractivity contribution in [1.82, 2.24) is 20.2 Å². The molecule has 2 heterocycles. The highest BCUT2D eigenvalue weighted by atomic mass is 15.4. The molecule has 0 amide bonds. The summed E-state index contributed by atoms with van der Waals surface area (Å²) >= 11 is 0. The Morgan fingerprint density at radius 1 is 1.08 bits per heavy atom. The number of rotatable bonds is 2. The van der Waals surface area contributed by atoms with E-state index in [0.29, 0.717) is 12.0 Å². The highest BCUT2D eigenvalue weighted by Gasteiger charge is 2.22. The molecule has 138 valence electrons. The highest BCUT2D eigenvalue weighted by Crippen LogP contribution is 2.22. The Morgan fingerprint density at radius 2 is 1.88 bits per heavy atom. The summed E-state index contributed by atoms with van der Waals surface area (Å²) in [5, 5.41) is 7.76. The molecule has 0 atom stereocenters. The van der Waals surface area contributed by atoms with Crippen LogP contribution in [0.4, 0.5) is 5.95 Å². The van der Waals surface area contributed by atoms with Crippen LogP contribution in [0, 0.1) is 13.8 Å². The maximum absolute atomic E-state index is 4.68. The topological polar surface area (TPSA) is 65.4 Å². The van der Waals surface area contributed by atoms with E-state index in [2.05, 4.69) is 55.6 Å².